The average molecular weight is 489 g/mol. The molecule has 0 saturated carbocycles. The SMILES string of the molecule is C=CCOCc1ccc(P(=O)(C(=O)c2c(C)cc(C)cc2C)C(=O)c2c(C)cc(C)cc2C)cc1. The molecule has 0 unspecified atom stereocenters. The number of benzene rings is 3. The molecule has 3 aromatic carbocycles. The summed E-state index contributed by atoms with van der Waals surface area (Å²) in [6, 6.07) is 14.3. The molecule has 0 N–H and O–H groups in total. The third-order valence-electron chi connectivity index (χ3n) is 6.16. The van der Waals surface area contributed by atoms with Crippen LogP contribution >= 0.6 is 7.14 Å². The van der Waals surface area contributed by atoms with Crippen LogP contribution in [-0.4, -0.2) is 17.7 Å². The molecule has 0 spiro atoms. The lowest BCUT2D eigenvalue weighted by Gasteiger charge is -2.21. The van der Waals surface area contributed by atoms with Crippen molar-refractivity contribution in [3.8, 4) is 0 Å². The van der Waals surface area contributed by atoms with Crippen LogP contribution in [0.3, 0.4) is 0 Å². The number of carbonyl (C=O) groups excluding carboxylic acids is 2. The summed E-state index contributed by atoms with van der Waals surface area (Å²) >= 11 is 0. The molecule has 0 heterocycles. The zero-order chi connectivity index (χ0) is 25.9. The Morgan fingerprint density at radius 2 is 1.17 bits per heavy atom. The first kappa shape index (κ1) is 26.5. The van der Waals surface area contributed by atoms with E-state index in [1.807, 2.05) is 65.8 Å². The zero-order valence-electron chi connectivity index (χ0n) is 21.4. The molecular weight excluding hydrogens is 455 g/mol. The lowest BCUT2D eigenvalue weighted by molar-refractivity contribution is 0.104. The quantitative estimate of drug-likeness (QED) is 0.187. The van der Waals surface area contributed by atoms with Crippen molar-refractivity contribution in [1.82, 2.24) is 0 Å². The van der Waals surface area contributed by atoms with E-state index in [4.69, 9.17) is 4.74 Å². The fraction of sp³-hybridized carbons (Fsp3) is 0.267. The van der Waals surface area contributed by atoms with Gasteiger partial charge in [-0.25, -0.2) is 0 Å². The van der Waals surface area contributed by atoms with Crippen LogP contribution in [0.15, 0.2) is 61.2 Å². The van der Waals surface area contributed by atoms with E-state index in [0.717, 1.165) is 16.7 Å². The van der Waals surface area contributed by atoms with E-state index in [1.54, 1.807) is 30.3 Å². The Labute approximate surface area is 208 Å². The van der Waals surface area contributed by atoms with Crippen LogP contribution in [0, 0.1) is 41.5 Å². The van der Waals surface area contributed by atoms with Crippen molar-refractivity contribution in [3.05, 3.63) is 111 Å². The van der Waals surface area contributed by atoms with Crippen molar-refractivity contribution < 1.29 is 18.9 Å². The van der Waals surface area contributed by atoms with Gasteiger partial charge in [0.1, 0.15) is 0 Å². The predicted molar refractivity (Wildman–Crippen MR) is 144 cm³/mol. The van der Waals surface area contributed by atoms with Gasteiger partial charge in [-0.1, -0.05) is 65.7 Å². The van der Waals surface area contributed by atoms with E-state index < -0.39 is 18.2 Å². The second kappa shape index (κ2) is 10.7. The number of ether oxygens (including phenoxy) is 1. The highest BCUT2D eigenvalue weighted by Crippen LogP contribution is 2.52. The minimum atomic E-state index is -4.22. The van der Waals surface area contributed by atoms with Gasteiger partial charge in [0.25, 0.3) is 0 Å². The molecule has 0 bridgehead atoms. The predicted octanol–water partition coefficient (Wildman–Crippen LogP) is 6.91. The number of rotatable bonds is 9. The molecule has 0 aromatic heterocycles. The first-order valence-electron chi connectivity index (χ1n) is 11.6. The van der Waals surface area contributed by atoms with Crippen molar-refractivity contribution in [2.45, 2.75) is 48.1 Å². The summed E-state index contributed by atoms with van der Waals surface area (Å²) in [5, 5.41) is 0.235. The first-order chi connectivity index (χ1) is 16.5. The Balaban J connectivity index is 2.22. The topological polar surface area (TPSA) is 60.4 Å². The van der Waals surface area contributed by atoms with E-state index in [9.17, 15) is 14.2 Å². The highest BCUT2D eigenvalue weighted by Gasteiger charge is 2.44. The zero-order valence-corrected chi connectivity index (χ0v) is 22.3. The van der Waals surface area contributed by atoms with Crippen LogP contribution in [0.2, 0.25) is 0 Å². The van der Waals surface area contributed by atoms with E-state index in [-0.39, 0.29) is 5.30 Å². The van der Waals surface area contributed by atoms with Gasteiger partial charge in [0.15, 0.2) is 0 Å². The Morgan fingerprint density at radius 1 is 0.771 bits per heavy atom. The van der Waals surface area contributed by atoms with E-state index >= 15 is 0 Å². The van der Waals surface area contributed by atoms with Gasteiger partial charge >= 0.3 is 0 Å². The molecule has 0 aliphatic rings. The molecule has 3 aromatic rings. The fourth-order valence-electron chi connectivity index (χ4n) is 4.74. The Morgan fingerprint density at radius 3 is 1.54 bits per heavy atom. The van der Waals surface area contributed by atoms with Crippen LogP contribution < -0.4 is 5.30 Å². The summed E-state index contributed by atoms with van der Waals surface area (Å²) in [5.41, 5.74) is 5.20. The molecule has 0 radical (unpaired) electrons. The highest BCUT2D eigenvalue weighted by molar-refractivity contribution is 8.01. The van der Waals surface area contributed by atoms with Crippen LogP contribution in [0.5, 0.6) is 0 Å². The Kier molecular flexibility index (Phi) is 8.10. The molecule has 182 valence electrons. The van der Waals surface area contributed by atoms with Crippen molar-refractivity contribution >= 4 is 23.5 Å². The molecule has 0 aliphatic carbocycles. The molecule has 0 saturated heterocycles. The molecule has 35 heavy (non-hydrogen) atoms. The van der Waals surface area contributed by atoms with Gasteiger partial charge in [-0.05, 0) is 69.4 Å². The molecule has 5 heteroatoms. The van der Waals surface area contributed by atoms with Crippen LogP contribution in [-0.2, 0) is 15.9 Å². The van der Waals surface area contributed by atoms with Gasteiger partial charge in [-0.2, -0.15) is 0 Å². The maximum atomic E-state index is 14.8. The third kappa shape index (κ3) is 5.29. The molecule has 0 amide bonds. The standard InChI is InChI=1S/C30H33O4P/c1-8-13-34-18-25-9-11-26(12-10-25)35(33,29(31)27-21(4)14-19(2)15-22(27)5)30(32)28-23(6)16-20(3)17-24(28)7/h8-12,14-17H,1,13,18H2,2-7H3. The minimum absolute atomic E-state index is 0.235. The Hall–Kier alpha value is -3.07. The second-order valence-electron chi connectivity index (χ2n) is 9.24. The van der Waals surface area contributed by atoms with E-state index in [0.29, 0.717) is 46.6 Å². The highest BCUT2D eigenvalue weighted by atomic mass is 31.2. The van der Waals surface area contributed by atoms with Crippen molar-refractivity contribution in [1.29, 1.82) is 0 Å². The molecular formula is C30H33O4P. The van der Waals surface area contributed by atoms with Crippen molar-refractivity contribution in [2.24, 2.45) is 0 Å². The molecule has 0 atom stereocenters. The largest absolute Gasteiger partial charge is 0.373 e. The summed E-state index contributed by atoms with van der Waals surface area (Å²) in [6.45, 7) is 15.6. The second-order valence-corrected chi connectivity index (χ2v) is 11.8. The summed E-state index contributed by atoms with van der Waals surface area (Å²) in [4.78, 5) is 28.2. The maximum Gasteiger partial charge on any atom is 0.248 e. The fourth-order valence-corrected chi connectivity index (χ4v) is 7.30. The number of hydrogen-bond acceptors (Lipinski definition) is 4. The molecule has 0 fully saturated rings. The monoisotopic (exact) mass is 488 g/mol. The normalized spacial score (nSPS) is 11.4. The number of hydrogen-bond donors (Lipinski definition) is 0. The maximum absolute atomic E-state index is 14.8. The van der Waals surface area contributed by atoms with Gasteiger partial charge in [-0.15, -0.1) is 6.58 Å². The van der Waals surface area contributed by atoms with Gasteiger partial charge in [-0.3, -0.25) is 9.59 Å². The smallest absolute Gasteiger partial charge is 0.248 e. The lowest BCUT2D eigenvalue weighted by Crippen LogP contribution is -2.23. The molecule has 4 nitrogen and oxygen atoms in total. The van der Waals surface area contributed by atoms with Crippen LogP contribution in [0.4, 0.5) is 0 Å². The lowest BCUT2D eigenvalue weighted by atomic mass is 10.0. The summed E-state index contributed by atoms with van der Waals surface area (Å²) in [6.07, 6.45) is 1.67. The number of carbonyl (C=O) groups is 2. The third-order valence-corrected chi connectivity index (χ3v) is 8.77. The van der Waals surface area contributed by atoms with Crippen molar-refractivity contribution in [2.75, 3.05) is 6.61 Å². The average Bonchev–Trinajstić information content (AvgIpc) is 2.77. The molecule has 0 aliphatic heterocycles. The number of aryl methyl sites for hydroxylation is 6. The van der Waals surface area contributed by atoms with Crippen molar-refractivity contribution in [3.63, 3.8) is 0 Å². The summed E-state index contributed by atoms with van der Waals surface area (Å²) < 4.78 is 20.3. The van der Waals surface area contributed by atoms with E-state index in [1.165, 1.54) is 0 Å². The summed E-state index contributed by atoms with van der Waals surface area (Å²) in [5.74, 6) is 0. The summed E-state index contributed by atoms with van der Waals surface area (Å²) in [7, 11) is -4.22. The first-order valence-corrected chi connectivity index (χ1v) is 13.3. The van der Waals surface area contributed by atoms with Crippen LogP contribution in [0.25, 0.3) is 0 Å². The van der Waals surface area contributed by atoms with Gasteiger partial charge in [0.05, 0.1) is 13.2 Å². The van der Waals surface area contributed by atoms with E-state index in [2.05, 4.69) is 6.58 Å². The van der Waals surface area contributed by atoms with Crippen LogP contribution in [0.1, 0.15) is 59.7 Å². The van der Waals surface area contributed by atoms with Gasteiger partial charge in [0.2, 0.25) is 18.2 Å². The van der Waals surface area contributed by atoms with Gasteiger partial charge in [0, 0.05) is 16.4 Å². The molecule has 3 rings (SSSR count). The minimum Gasteiger partial charge on any atom is -0.373 e. The Bertz CT molecular complexity index is 1230. The van der Waals surface area contributed by atoms with Gasteiger partial charge < -0.3 is 9.30 Å².